The molecule has 0 unspecified atom stereocenters. The van der Waals surface area contributed by atoms with Gasteiger partial charge in [-0.2, -0.15) is 10.2 Å². The van der Waals surface area contributed by atoms with Gasteiger partial charge >= 0.3 is 0 Å². The van der Waals surface area contributed by atoms with Crippen molar-refractivity contribution in [3.8, 4) is 0 Å². The highest BCUT2D eigenvalue weighted by atomic mass is 16.0. The molecule has 24 heavy (non-hydrogen) atoms. The van der Waals surface area contributed by atoms with Crippen molar-refractivity contribution in [3.05, 3.63) is 91.0 Å². The van der Waals surface area contributed by atoms with Crippen LogP contribution in [0.15, 0.2) is 91.0 Å². The van der Waals surface area contributed by atoms with E-state index in [0.717, 1.165) is 24.5 Å². The molecule has 1 N–H and O–H groups in total. The van der Waals surface area contributed by atoms with Crippen molar-refractivity contribution >= 4 is 17.1 Å². The van der Waals surface area contributed by atoms with Crippen LogP contribution in [0.3, 0.4) is 0 Å². The molecule has 4 heteroatoms. The summed E-state index contributed by atoms with van der Waals surface area (Å²) in [5.41, 5.74) is 6.88. The minimum absolute atomic E-state index is 0.868. The van der Waals surface area contributed by atoms with E-state index in [2.05, 4.69) is 93.5 Å². The van der Waals surface area contributed by atoms with E-state index in [1.807, 2.05) is 18.2 Å². The topological polar surface area (TPSA) is 21.8 Å². The van der Waals surface area contributed by atoms with E-state index in [-0.39, 0.29) is 0 Å². The standard InChI is InChI=1S/C20H20N4/c1-4-10-18(11-5-1)22-17-16-21-23(19-12-6-2-7-13-19)24(22)20-14-8-3-9-15-20/h1-15,21H,16-17H2. The highest BCUT2D eigenvalue weighted by Gasteiger charge is 2.28. The van der Waals surface area contributed by atoms with Crippen LogP contribution in [-0.4, -0.2) is 13.1 Å². The number of nitrogens with zero attached hydrogens (tertiary/aromatic N) is 3. The van der Waals surface area contributed by atoms with Gasteiger partial charge in [0.25, 0.3) is 0 Å². The van der Waals surface area contributed by atoms with E-state index >= 15 is 0 Å². The van der Waals surface area contributed by atoms with E-state index in [9.17, 15) is 0 Å². The summed E-state index contributed by atoms with van der Waals surface area (Å²) in [5.74, 6) is 0. The monoisotopic (exact) mass is 316 g/mol. The largest absolute Gasteiger partial charge is 0.264 e. The lowest BCUT2D eigenvalue weighted by Crippen LogP contribution is -2.66. The normalized spacial score (nSPS) is 14.8. The van der Waals surface area contributed by atoms with Crippen molar-refractivity contribution in [3.63, 3.8) is 0 Å². The van der Waals surface area contributed by atoms with Crippen LogP contribution in [0.1, 0.15) is 0 Å². The number of nitrogens with one attached hydrogen (secondary N) is 1. The molecule has 0 saturated carbocycles. The molecule has 1 aliphatic rings. The molecule has 0 aromatic heterocycles. The van der Waals surface area contributed by atoms with E-state index in [1.54, 1.807) is 0 Å². The summed E-state index contributed by atoms with van der Waals surface area (Å²) in [6.45, 7) is 1.76. The maximum Gasteiger partial charge on any atom is 0.0831 e. The lowest BCUT2D eigenvalue weighted by atomic mass is 10.3. The van der Waals surface area contributed by atoms with Gasteiger partial charge in [0.05, 0.1) is 23.6 Å². The van der Waals surface area contributed by atoms with E-state index in [4.69, 9.17) is 0 Å². The second-order valence-corrected chi connectivity index (χ2v) is 5.64. The Bertz CT molecular complexity index is 714. The Morgan fingerprint density at radius 3 is 1.67 bits per heavy atom. The highest BCUT2D eigenvalue weighted by molar-refractivity contribution is 5.64. The molecule has 120 valence electrons. The summed E-state index contributed by atoms with van der Waals surface area (Å²) in [5, 5.41) is 6.58. The molecule has 0 spiro atoms. The predicted octanol–water partition coefficient (Wildman–Crippen LogP) is 3.85. The molecule has 1 aliphatic heterocycles. The number of hydrogen-bond acceptors (Lipinski definition) is 4. The number of rotatable bonds is 3. The van der Waals surface area contributed by atoms with Gasteiger partial charge < -0.3 is 0 Å². The lowest BCUT2D eigenvalue weighted by Gasteiger charge is -2.49. The van der Waals surface area contributed by atoms with Gasteiger partial charge in [0, 0.05) is 6.54 Å². The molecular formula is C20H20N4. The number of para-hydroxylation sites is 3. The van der Waals surface area contributed by atoms with Crippen LogP contribution in [0.2, 0.25) is 0 Å². The lowest BCUT2D eigenvalue weighted by molar-refractivity contribution is 0.502. The summed E-state index contributed by atoms with van der Waals surface area (Å²) in [6, 6.07) is 31.3. The minimum Gasteiger partial charge on any atom is -0.264 e. The number of hydrogen-bond donors (Lipinski definition) is 1. The molecular weight excluding hydrogens is 296 g/mol. The second-order valence-electron chi connectivity index (χ2n) is 5.64. The van der Waals surface area contributed by atoms with E-state index in [0.29, 0.717) is 0 Å². The molecule has 0 atom stereocenters. The first-order valence-electron chi connectivity index (χ1n) is 8.20. The van der Waals surface area contributed by atoms with Crippen molar-refractivity contribution in [2.24, 2.45) is 0 Å². The summed E-state index contributed by atoms with van der Waals surface area (Å²) in [4.78, 5) is 0. The van der Waals surface area contributed by atoms with Crippen LogP contribution in [0.25, 0.3) is 0 Å². The summed E-state index contributed by atoms with van der Waals surface area (Å²) in [6.07, 6.45) is 0. The van der Waals surface area contributed by atoms with Crippen LogP contribution < -0.4 is 20.7 Å². The average Bonchev–Trinajstić information content (AvgIpc) is 2.69. The Morgan fingerprint density at radius 2 is 1.08 bits per heavy atom. The van der Waals surface area contributed by atoms with Crippen LogP contribution in [0.4, 0.5) is 17.1 Å². The fourth-order valence-electron chi connectivity index (χ4n) is 2.96. The Balaban J connectivity index is 1.79. The van der Waals surface area contributed by atoms with Gasteiger partial charge in [-0.15, -0.1) is 0 Å². The molecule has 1 heterocycles. The molecule has 3 aromatic carbocycles. The Hall–Kier alpha value is -2.98. The van der Waals surface area contributed by atoms with Crippen LogP contribution in [-0.2, 0) is 0 Å². The molecule has 3 aromatic rings. The Morgan fingerprint density at radius 1 is 0.583 bits per heavy atom. The van der Waals surface area contributed by atoms with Crippen molar-refractivity contribution in [1.29, 1.82) is 0 Å². The van der Waals surface area contributed by atoms with Gasteiger partial charge in [-0.1, -0.05) is 54.6 Å². The van der Waals surface area contributed by atoms with Gasteiger partial charge in [-0.05, 0) is 36.4 Å². The van der Waals surface area contributed by atoms with Gasteiger partial charge in [-0.25, -0.2) is 5.43 Å². The van der Waals surface area contributed by atoms with Crippen LogP contribution in [0.5, 0.6) is 0 Å². The fourth-order valence-corrected chi connectivity index (χ4v) is 2.96. The molecule has 4 rings (SSSR count). The van der Waals surface area contributed by atoms with Gasteiger partial charge in [-0.3, -0.25) is 5.01 Å². The maximum atomic E-state index is 3.50. The molecule has 0 bridgehead atoms. The summed E-state index contributed by atoms with van der Waals surface area (Å²) >= 11 is 0. The maximum absolute atomic E-state index is 3.50. The zero-order chi connectivity index (χ0) is 16.2. The van der Waals surface area contributed by atoms with Gasteiger partial charge in [0.15, 0.2) is 0 Å². The Kier molecular flexibility index (Phi) is 4.04. The zero-order valence-electron chi connectivity index (χ0n) is 13.4. The molecule has 1 fully saturated rings. The number of hydrazine groups is 3. The van der Waals surface area contributed by atoms with Crippen molar-refractivity contribution in [1.82, 2.24) is 5.43 Å². The molecule has 0 radical (unpaired) electrons. The smallest absolute Gasteiger partial charge is 0.0831 e. The van der Waals surface area contributed by atoms with Gasteiger partial charge in [0.1, 0.15) is 0 Å². The molecule has 0 amide bonds. The first kappa shape index (κ1) is 14.6. The molecule has 0 aliphatic carbocycles. The minimum atomic E-state index is 0.868. The van der Waals surface area contributed by atoms with Crippen molar-refractivity contribution in [2.75, 3.05) is 28.3 Å². The molecule has 4 nitrogen and oxygen atoms in total. The zero-order valence-corrected chi connectivity index (χ0v) is 13.4. The highest BCUT2D eigenvalue weighted by Crippen LogP contribution is 2.28. The third-order valence-corrected chi connectivity index (χ3v) is 4.05. The third kappa shape index (κ3) is 2.79. The third-order valence-electron chi connectivity index (χ3n) is 4.05. The molecule has 1 saturated heterocycles. The van der Waals surface area contributed by atoms with Crippen molar-refractivity contribution in [2.45, 2.75) is 0 Å². The fraction of sp³-hybridized carbons (Fsp3) is 0.100. The number of anilines is 3. The SMILES string of the molecule is c1ccc(N2CCNN(c3ccccc3)N2c2ccccc2)cc1. The van der Waals surface area contributed by atoms with E-state index in [1.165, 1.54) is 5.69 Å². The van der Waals surface area contributed by atoms with Gasteiger partial charge in [0.2, 0.25) is 0 Å². The first-order chi connectivity index (χ1) is 11.9. The summed E-state index contributed by atoms with van der Waals surface area (Å²) < 4.78 is 0. The summed E-state index contributed by atoms with van der Waals surface area (Å²) in [7, 11) is 0. The number of benzene rings is 3. The van der Waals surface area contributed by atoms with Crippen LogP contribution >= 0.6 is 0 Å². The average molecular weight is 316 g/mol. The van der Waals surface area contributed by atoms with Crippen LogP contribution in [0, 0.1) is 0 Å². The Labute approximate surface area is 142 Å². The second kappa shape index (κ2) is 6.64. The van der Waals surface area contributed by atoms with E-state index < -0.39 is 0 Å². The predicted molar refractivity (Wildman–Crippen MR) is 99.6 cm³/mol. The first-order valence-corrected chi connectivity index (χ1v) is 8.20. The van der Waals surface area contributed by atoms with Crippen molar-refractivity contribution < 1.29 is 0 Å². The quantitative estimate of drug-likeness (QED) is 0.792.